The van der Waals surface area contributed by atoms with E-state index in [1.54, 1.807) is 19.2 Å². The maximum atomic E-state index is 13.1. The second kappa shape index (κ2) is 6.26. The van der Waals surface area contributed by atoms with Crippen LogP contribution in [0, 0.1) is 5.82 Å². The molecule has 120 valence electrons. The fourth-order valence-corrected chi connectivity index (χ4v) is 3.46. The van der Waals surface area contributed by atoms with E-state index >= 15 is 0 Å². The van der Waals surface area contributed by atoms with Gasteiger partial charge in [-0.15, -0.1) is 12.4 Å². The summed E-state index contributed by atoms with van der Waals surface area (Å²) in [6, 6.07) is 6.43. The molecule has 1 fully saturated rings. The van der Waals surface area contributed by atoms with Crippen LogP contribution >= 0.6 is 12.4 Å². The number of rotatable bonds is 3. The molecule has 1 saturated heterocycles. The number of halogens is 2. The molecule has 1 aromatic rings. The molecule has 4 nitrogen and oxygen atoms in total. The van der Waals surface area contributed by atoms with E-state index in [9.17, 15) is 9.18 Å². The van der Waals surface area contributed by atoms with Crippen molar-refractivity contribution in [2.75, 3.05) is 26.7 Å². The molecule has 1 atom stereocenters. The number of nitrogens with one attached hydrogen (secondary N) is 1. The average molecular weight is 327 g/mol. The standard InChI is InChI=1S/C16H19FN2O2.ClH/c1-11-14(21-2)16(9-12-3-5-13(17)6-4-12)10-18-7-8-19(16)15(11)20;/h3-6,18H,7-10H2,1-2H3;1H. The van der Waals surface area contributed by atoms with Gasteiger partial charge in [-0.25, -0.2) is 4.39 Å². The van der Waals surface area contributed by atoms with Crippen LogP contribution in [0.3, 0.4) is 0 Å². The summed E-state index contributed by atoms with van der Waals surface area (Å²) in [5.41, 5.74) is 1.16. The van der Waals surface area contributed by atoms with Crippen molar-refractivity contribution in [2.45, 2.75) is 18.9 Å². The zero-order chi connectivity index (χ0) is 15.0. The number of benzene rings is 1. The lowest BCUT2D eigenvalue weighted by molar-refractivity contribution is -0.131. The van der Waals surface area contributed by atoms with Crippen LogP contribution in [0.4, 0.5) is 4.39 Å². The molecular formula is C16H20ClFN2O2. The number of piperazine rings is 1. The smallest absolute Gasteiger partial charge is 0.253 e. The van der Waals surface area contributed by atoms with Gasteiger partial charge in [0.2, 0.25) is 0 Å². The Bertz CT molecular complexity index is 603. The van der Waals surface area contributed by atoms with E-state index in [0.717, 1.165) is 17.9 Å². The molecule has 6 heteroatoms. The van der Waals surface area contributed by atoms with Crippen molar-refractivity contribution in [2.24, 2.45) is 0 Å². The normalized spacial score (nSPS) is 24.1. The second-order valence-electron chi connectivity index (χ2n) is 5.63. The SMILES string of the molecule is COC1=C(C)C(=O)N2CCNCC12Cc1ccc(F)cc1.Cl. The molecule has 0 spiro atoms. The summed E-state index contributed by atoms with van der Waals surface area (Å²) in [5.74, 6) is 0.510. The van der Waals surface area contributed by atoms with Crippen LogP contribution in [0.2, 0.25) is 0 Å². The van der Waals surface area contributed by atoms with E-state index in [2.05, 4.69) is 5.32 Å². The van der Waals surface area contributed by atoms with Gasteiger partial charge in [-0.2, -0.15) is 0 Å². The van der Waals surface area contributed by atoms with Gasteiger partial charge < -0.3 is 15.0 Å². The lowest BCUT2D eigenvalue weighted by Crippen LogP contribution is -2.62. The molecule has 2 heterocycles. The Morgan fingerprint density at radius 1 is 1.36 bits per heavy atom. The van der Waals surface area contributed by atoms with Crippen molar-refractivity contribution in [3.63, 3.8) is 0 Å². The Kier molecular flexibility index (Phi) is 4.78. The first kappa shape index (κ1) is 16.8. The molecule has 1 unspecified atom stereocenters. The highest BCUT2D eigenvalue weighted by Gasteiger charge is 2.52. The van der Waals surface area contributed by atoms with Gasteiger partial charge in [0, 0.05) is 26.1 Å². The van der Waals surface area contributed by atoms with Gasteiger partial charge in [0.25, 0.3) is 5.91 Å². The van der Waals surface area contributed by atoms with E-state index in [4.69, 9.17) is 4.74 Å². The lowest BCUT2D eigenvalue weighted by atomic mass is 9.86. The summed E-state index contributed by atoms with van der Waals surface area (Å²) < 4.78 is 18.7. The van der Waals surface area contributed by atoms with Crippen LogP contribution in [0.5, 0.6) is 0 Å². The Morgan fingerprint density at radius 3 is 2.68 bits per heavy atom. The predicted octanol–water partition coefficient (Wildman–Crippen LogP) is 1.89. The fraction of sp³-hybridized carbons (Fsp3) is 0.438. The zero-order valence-electron chi connectivity index (χ0n) is 12.7. The Balaban J connectivity index is 0.00000176. The molecule has 0 aromatic heterocycles. The van der Waals surface area contributed by atoms with Crippen LogP contribution in [-0.4, -0.2) is 43.1 Å². The largest absolute Gasteiger partial charge is 0.498 e. The van der Waals surface area contributed by atoms with Crippen LogP contribution < -0.4 is 5.32 Å². The number of amides is 1. The molecule has 0 radical (unpaired) electrons. The minimum absolute atomic E-state index is 0. The van der Waals surface area contributed by atoms with Crippen LogP contribution in [0.15, 0.2) is 35.6 Å². The first-order chi connectivity index (χ1) is 10.1. The third-order valence-corrected chi connectivity index (χ3v) is 4.39. The highest BCUT2D eigenvalue weighted by molar-refractivity contribution is 5.97. The number of carbonyl (C=O) groups excluding carboxylic acids is 1. The monoisotopic (exact) mass is 326 g/mol. The number of nitrogens with zero attached hydrogens (tertiary/aromatic N) is 1. The van der Waals surface area contributed by atoms with E-state index in [1.165, 1.54) is 12.1 Å². The van der Waals surface area contributed by atoms with Gasteiger partial charge in [0.05, 0.1) is 12.7 Å². The summed E-state index contributed by atoms with van der Waals surface area (Å²) in [7, 11) is 1.61. The maximum Gasteiger partial charge on any atom is 0.253 e. The van der Waals surface area contributed by atoms with Crippen LogP contribution in [0.25, 0.3) is 0 Å². The number of carbonyl (C=O) groups is 1. The molecule has 2 aliphatic rings. The number of methoxy groups -OCH3 is 1. The second-order valence-corrected chi connectivity index (χ2v) is 5.63. The Hall–Kier alpha value is -1.59. The highest BCUT2D eigenvalue weighted by Crippen LogP contribution is 2.39. The topological polar surface area (TPSA) is 41.6 Å². The molecule has 1 amide bonds. The summed E-state index contributed by atoms with van der Waals surface area (Å²) in [6.45, 7) is 3.90. The van der Waals surface area contributed by atoms with E-state index in [-0.39, 0.29) is 24.1 Å². The molecular weight excluding hydrogens is 307 g/mol. The van der Waals surface area contributed by atoms with Crippen molar-refractivity contribution in [1.29, 1.82) is 0 Å². The zero-order valence-corrected chi connectivity index (χ0v) is 13.5. The quantitative estimate of drug-likeness (QED) is 0.922. The van der Waals surface area contributed by atoms with Crippen molar-refractivity contribution >= 4 is 18.3 Å². The first-order valence-electron chi connectivity index (χ1n) is 7.11. The number of fused-ring (bicyclic) bond motifs is 1. The van der Waals surface area contributed by atoms with Crippen molar-refractivity contribution in [3.05, 3.63) is 47.0 Å². The minimum atomic E-state index is -0.494. The van der Waals surface area contributed by atoms with E-state index in [1.807, 2.05) is 11.8 Å². The molecule has 0 bridgehead atoms. The molecule has 1 N–H and O–H groups in total. The van der Waals surface area contributed by atoms with Crippen molar-refractivity contribution in [3.8, 4) is 0 Å². The van der Waals surface area contributed by atoms with Crippen LogP contribution in [-0.2, 0) is 16.0 Å². The number of ether oxygens (including phenoxy) is 1. The van der Waals surface area contributed by atoms with E-state index < -0.39 is 5.54 Å². The van der Waals surface area contributed by atoms with Gasteiger partial charge in [-0.05, 0) is 24.6 Å². The summed E-state index contributed by atoms with van der Waals surface area (Å²) >= 11 is 0. The summed E-state index contributed by atoms with van der Waals surface area (Å²) in [4.78, 5) is 14.3. The van der Waals surface area contributed by atoms with Gasteiger partial charge in [0.1, 0.15) is 17.1 Å². The van der Waals surface area contributed by atoms with Gasteiger partial charge >= 0.3 is 0 Å². The number of hydrogen-bond acceptors (Lipinski definition) is 3. The highest BCUT2D eigenvalue weighted by atomic mass is 35.5. The Labute approximate surface area is 135 Å². The van der Waals surface area contributed by atoms with Crippen molar-refractivity contribution < 1.29 is 13.9 Å². The first-order valence-corrected chi connectivity index (χ1v) is 7.11. The molecule has 3 rings (SSSR count). The minimum Gasteiger partial charge on any atom is -0.498 e. The molecule has 1 aromatic carbocycles. The molecule has 0 aliphatic carbocycles. The molecule has 0 saturated carbocycles. The van der Waals surface area contributed by atoms with E-state index in [0.29, 0.717) is 25.1 Å². The van der Waals surface area contributed by atoms with Crippen LogP contribution in [0.1, 0.15) is 12.5 Å². The average Bonchev–Trinajstić information content (AvgIpc) is 2.70. The Morgan fingerprint density at radius 2 is 2.05 bits per heavy atom. The third kappa shape index (κ3) is 2.48. The van der Waals surface area contributed by atoms with Gasteiger partial charge in [-0.1, -0.05) is 12.1 Å². The predicted molar refractivity (Wildman–Crippen MR) is 84.4 cm³/mol. The molecule has 22 heavy (non-hydrogen) atoms. The maximum absolute atomic E-state index is 13.1. The fourth-order valence-electron chi connectivity index (χ4n) is 3.46. The van der Waals surface area contributed by atoms with Gasteiger partial charge in [-0.3, -0.25) is 4.79 Å². The summed E-state index contributed by atoms with van der Waals surface area (Å²) in [5, 5.41) is 3.35. The third-order valence-electron chi connectivity index (χ3n) is 4.39. The van der Waals surface area contributed by atoms with Gasteiger partial charge in [0.15, 0.2) is 0 Å². The lowest BCUT2D eigenvalue weighted by Gasteiger charge is -2.43. The number of hydrogen-bond donors (Lipinski definition) is 1. The van der Waals surface area contributed by atoms with Crippen molar-refractivity contribution in [1.82, 2.24) is 10.2 Å². The summed E-state index contributed by atoms with van der Waals surface area (Å²) in [6.07, 6.45) is 0.618. The molecule has 2 aliphatic heterocycles.